The standard InChI is InChI=1S/C26H30N4O6/c1-28-24(33)26(23(32)27-25(28)34,11-17-7-8-19(35-2)10-21(17)36-3)15-29-12-16-9-18(14-29)20-5-4-6-22(31)30(20)13-16/h4-8,10,16,18H,9,11-15H2,1-3H3,(H,27,32,34)/t16-,18-,26-/m0/s1. The van der Waals surface area contributed by atoms with Crippen LogP contribution in [0.4, 0.5) is 4.79 Å². The van der Waals surface area contributed by atoms with E-state index in [1.807, 2.05) is 10.6 Å². The van der Waals surface area contributed by atoms with Crippen molar-refractivity contribution in [3.63, 3.8) is 0 Å². The van der Waals surface area contributed by atoms with Gasteiger partial charge in [-0.15, -0.1) is 0 Å². The SMILES string of the molecule is COc1ccc(C[C@]2(CN3C[C@@H]4C[C@@H](C3)c3cccc(=O)n3C4)C(=O)NC(=O)N(C)C2=O)c(OC)c1. The van der Waals surface area contributed by atoms with E-state index < -0.39 is 23.3 Å². The molecule has 10 heteroatoms. The van der Waals surface area contributed by atoms with Crippen molar-refractivity contribution in [1.29, 1.82) is 0 Å². The average Bonchev–Trinajstić information content (AvgIpc) is 2.87. The van der Waals surface area contributed by atoms with Crippen molar-refractivity contribution in [2.24, 2.45) is 11.3 Å². The largest absolute Gasteiger partial charge is 0.497 e. The van der Waals surface area contributed by atoms with Gasteiger partial charge in [-0.25, -0.2) is 4.79 Å². The normalized spacial score (nSPS) is 25.9. The molecule has 2 saturated heterocycles. The lowest BCUT2D eigenvalue weighted by atomic mass is 9.75. The van der Waals surface area contributed by atoms with Gasteiger partial charge in [0.25, 0.3) is 5.56 Å². The van der Waals surface area contributed by atoms with Gasteiger partial charge in [-0.05, 0) is 30.0 Å². The van der Waals surface area contributed by atoms with Gasteiger partial charge in [0, 0.05) is 63.4 Å². The van der Waals surface area contributed by atoms with E-state index in [1.165, 1.54) is 14.2 Å². The van der Waals surface area contributed by atoms with E-state index in [1.54, 1.807) is 37.4 Å². The molecule has 5 rings (SSSR count). The van der Waals surface area contributed by atoms with Gasteiger partial charge in [0.1, 0.15) is 16.9 Å². The Bertz CT molecular complexity index is 1290. The fourth-order valence-electron chi connectivity index (χ4n) is 5.99. The molecule has 1 aromatic heterocycles. The highest BCUT2D eigenvalue weighted by atomic mass is 16.5. The zero-order valence-electron chi connectivity index (χ0n) is 20.7. The average molecular weight is 495 g/mol. The molecule has 0 spiro atoms. The van der Waals surface area contributed by atoms with Gasteiger partial charge >= 0.3 is 6.03 Å². The van der Waals surface area contributed by atoms with Gasteiger partial charge in [-0.2, -0.15) is 0 Å². The molecular weight excluding hydrogens is 464 g/mol. The molecule has 0 aliphatic carbocycles. The van der Waals surface area contributed by atoms with Crippen LogP contribution in [0.1, 0.15) is 23.6 Å². The molecule has 0 unspecified atom stereocenters. The van der Waals surface area contributed by atoms with Crippen LogP contribution in [-0.2, 0) is 22.6 Å². The molecule has 4 amide bonds. The summed E-state index contributed by atoms with van der Waals surface area (Å²) in [5.74, 6) is 0.291. The number of fused-ring (bicyclic) bond motifs is 4. The molecule has 2 fully saturated rings. The predicted molar refractivity (Wildman–Crippen MR) is 130 cm³/mol. The van der Waals surface area contributed by atoms with Crippen molar-refractivity contribution >= 4 is 17.8 Å². The van der Waals surface area contributed by atoms with Gasteiger partial charge in [-0.1, -0.05) is 12.1 Å². The van der Waals surface area contributed by atoms with Gasteiger partial charge in [0.05, 0.1) is 14.2 Å². The molecule has 1 N–H and O–H groups in total. The highest BCUT2D eigenvalue weighted by Gasteiger charge is 2.54. The number of hydrogen-bond acceptors (Lipinski definition) is 7. The van der Waals surface area contributed by atoms with Crippen LogP contribution in [0, 0.1) is 11.3 Å². The van der Waals surface area contributed by atoms with Gasteiger partial charge in [0.2, 0.25) is 11.8 Å². The Morgan fingerprint density at radius 3 is 2.58 bits per heavy atom. The van der Waals surface area contributed by atoms with Gasteiger partial charge in [-0.3, -0.25) is 24.6 Å². The maximum absolute atomic E-state index is 13.7. The lowest BCUT2D eigenvalue weighted by molar-refractivity contribution is -0.152. The Labute approximate surface area is 208 Å². The minimum absolute atomic E-state index is 0.000643. The number of ether oxygens (including phenoxy) is 2. The van der Waals surface area contributed by atoms with E-state index in [0.29, 0.717) is 36.7 Å². The van der Waals surface area contributed by atoms with E-state index in [0.717, 1.165) is 17.0 Å². The first-order valence-corrected chi connectivity index (χ1v) is 12.0. The molecule has 0 saturated carbocycles. The Morgan fingerprint density at radius 1 is 1.03 bits per heavy atom. The number of barbiturate groups is 1. The van der Waals surface area contributed by atoms with Crippen LogP contribution in [0.15, 0.2) is 41.2 Å². The van der Waals surface area contributed by atoms with Crippen LogP contribution in [-0.4, -0.2) is 73.1 Å². The third-order valence-corrected chi connectivity index (χ3v) is 7.71. The quantitative estimate of drug-likeness (QED) is 0.602. The second kappa shape index (κ2) is 9.09. The van der Waals surface area contributed by atoms with Crippen molar-refractivity contribution < 1.29 is 23.9 Å². The highest BCUT2D eigenvalue weighted by Crippen LogP contribution is 2.39. The third kappa shape index (κ3) is 3.95. The van der Waals surface area contributed by atoms with E-state index in [4.69, 9.17) is 9.47 Å². The number of imide groups is 2. The number of urea groups is 1. The summed E-state index contributed by atoms with van der Waals surface area (Å²) in [6.07, 6.45) is 1.02. The van der Waals surface area contributed by atoms with E-state index >= 15 is 0 Å². The number of carbonyl (C=O) groups is 3. The summed E-state index contributed by atoms with van der Waals surface area (Å²) in [5.41, 5.74) is 0.132. The molecular formula is C26H30N4O6. The number of pyridine rings is 1. The van der Waals surface area contributed by atoms with Crippen LogP contribution in [0.3, 0.4) is 0 Å². The molecule has 190 valence electrons. The number of nitrogens with zero attached hydrogens (tertiary/aromatic N) is 3. The minimum Gasteiger partial charge on any atom is -0.497 e. The lowest BCUT2D eigenvalue weighted by Crippen LogP contribution is -2.67. The van der Waals surface area contributed by atoms with Crippen LogP contribution < -0.4 is 20.3 Å². The number of piperidine rings is 1. The maximum atomic E-state index is 13.7. The van der Waals surface area contributed by atoms with Crippen molar-refractivity contribution in [2.75, 3.05) is 40.9 Å². The molecule has 3 aliphatic rings. The van der Waals surface area contributed by atoms with E-state index in [9.17, 15) is 19.2 Å². The second-order valence-electron chi connectivity index (χ2n) is 9.95. The van der Waals surface area contributed by atoms with Crippen LogP contribution in [0.2, 0.25) is 0 Å². The summed E-state index contributed by atoms with van der Waals surface area (Å²) in [6.45, 7) is 2.02. The monoisotopic (exact) mass is 494 g/mol. The number of methoxy groups -OCH3 is 2. The topological polar surface area (TPSA) is 110 Å². The van der Waals surface area contributed by atoms with Crippen molar-refractivity contribution in [1.82, 2.24) is 19.7 Å². The Kier molecular flexibility index (Phi) is 6.07. The Hall–Kier alpha value is -3.66. The molecule has 3 aliphatic heterocycles. The summed E-state index contributed by atoms with van der Waals surface area (Å²) in [5, 5.41) is 2.38. The fourth-order valence-corrected chi connectivity index (χ4v) is 5.99. The number of nitrogens with one attached hydrogen (secondary N) is 1. The lowest BCUT2D eigenvalue weighted by Gasteiger charge is -2.47. The Morgan fingerprint density at radius 2 is 1.83 bits per heavy atom. The van der Waals surface area contributed by atoms with Crippen molar-refractivity contribution in [3.8, 4) is 11.5 Å². The summed E-state index contributed by atoms with van der Waals surface area (Å²) in [7, 11) is 4.46. The smallest absolute Gasteiger partial charge is 0.330 e. The molecule has 36 heavy (non-hydrogen) atoms. The fraction of sp³-hybridized carbons (Fsp3) is 0.462. The minimum atomic E-state index is -1.52. The Balaban J connectivity index is 1.50. The zero-order chi connectivity index (χ0) is 25.6. The van der Waals surface area contributed by atoms with E-state index in [-0.39, 0.29) is 30.4 Å². The molecule has 4 heterocycles. The summed E-state index contributed by atoms with van der Waals surface area (Å²) in [4.78, 5) is 54.9. The molecule has 0 radical (unpaired) electrons. The molecule has 2 aromatic rings. The first-order chi connectivity index (χ1) is 17.3. The molecule has 2 bridgehead atoms. The van der Waals surface area contributed by atoms with Crippen LogP contribution in [0.5, 0.6) is 11.5 Å². The highest BCUT2D eigenvalue weighted by molar-refractivity contribution is 6.19. The molecule has 3 atom stereocenters. The molecule has 10 nitrogen and oxygen atoms in total. The number of benzene rings is 1. The molecule has 1 aromatic carbocycles. The number of likely N-dealkylation sites (tertiary alicyclic amines) is 1. The summed E-state index contributed by atoms with van der Waals surface area (Å²) in [6, 6.07) is 9.86. The predicted octanol–water partition coefficient (Wildman–Crippen LogP) is 1.22. The number of amides is 4. The third-order valence-electron chi connectivity index (χ3n) is 7.71. The van der Waals surface area contributed by atoms with Crippen LogP contribution >= 0.6 is 0 Å². The number of rotatable bonds is 6. The first-order valence-electron chi connectivity index (χ1n) is 12.0. The van der Waals surface area contributed by atoms with Crippen LogP contribution in [0.25, 0.3) is 0 Å². The number of carbonyl (C=O) groups excluding carboxylic acids is 3. The number of aromatic nitrogens is 1. The van der Waals surface area contributed by atoms with Gasteiger partial charge < -0.3 is 18.9 Å². The summed E-state index contributed by atoms with van der Waals surface area (Å²) >= 11 is 0. The van der Waals surface area contributed by atoms with Crippen molar-refractivity contribution in [3.05, 3.63) is 58.0 Å². The summed E-state index contributed by atoms with van der Waals surface area (Å²) < 4.78 is 12.7. The van der Waals surface area contributed by atoms with Gasteiger partial charge in [0.15, 0.2) is 0 Å². The zero-order valence-corrected chi connectivity index (χ0v) is 20.7. The van der Waals surface area contributed by atoms with E-state index in [2.05, 4.69) is 10.2 Å². The maximum Gasteiger partial charge on any atom is 0.330 e. The van der Waals surface area contributed by atoms with Crippen molar-refractivity contribution in [2.45, 2.75) is 25.3 Å². The number of hydrogen-bond donors (Lipinski definition) is 1. The second-order valence-corrected chi connectivity index (χ2v) is 9.95. The first kappa shape index (κ1) is 24.1.